The summed E-state index contributed by atoms with van der Waals surface area (Å²) in [7, 11) is 0. The standard InChI is InChI=1S/C24H29FN2O2S/c1-5-24(28)27-13-12-26(15-18(27)3)16-23(19-7-6-17(2)22(25)14-19)29-20-8-10-21(30-4)11-9-20/h5-11,14,18,23H,1,12-13,15-16H2,2-4H3/t18-,23-/m1/s1. The number of amides is 1. The average Bonchev–Trinajstić information content (AvgIpc) is 2.75. The van der Waals surface area contributed by atoms with Gasteiger partial charge in [0.05, 0.1) is 0 Å². The molecular formula is C24H29FN2O2S. The first-order valence-electron chi connectivity index (χ1n) is 10.1. The zero-order chi connectivity index (χ0) is 21.7. The number of nitrogens with zero attached hydrogens (tertiary/aromatic N) is 2. The molecule has 4 nitrogen and oxygen atoms in total. The van der Waals surface area contributed by atoms with Crippen LogP contribution >= 0.6 is 11.8 Å². The van der Waals surface area contributed by atoms with Gasteiger partial charge >= 0.3 is 0 Å². The van der Waals surface area contributed by atoms with Crippen molar-refractivity contribution in [1.29, 1.82) is 0 Å². The van der Waals surface area contributed by atoms with Gasteiger partial charge in [0.15, 0.2) is 0 Å². The molecule has 2 atom stereocenters. The Bertz CT molecular complexity index is 887. The molecule has 0 radical (unpaired) electrons. The van der Waals surface area contributed by atoms with Gasteiger partial charge < -0.3 is 9.64 Å². The summed E-state index contributed by atoms with van der Waals surface area (Å²) in [5.41, 5.74) is 1.43. The summed E-state index contributed by atoms with van der Waals surface area (Å²) in [5, 5.41) is 0. The van der Waals surface area contributed by atoms with E-state index in [0.717, 1.165) is 29.3 Å². The van der Waals surface area contributed by atoms with Crippen LogP contribution in [0.3, 0.4) is 0 Å². The van der Waals surface area contributed by atoms with E-state index < -0.39 is 0 Å². The minimum atomic E-state index is -0.311. The minimum Gasteiger partial charge on any atom is -0.484 e. The van der Waals surface area contributed by atoms with Gasteiger partial charge in [-0.15, -0.1) is 11.8 Å². The lowest BCUT2D eigenvalue weighted by molar-refractivity contribution is -0.130. The smallest absolute Gasteiger partial charge is 0.246 e. The number of rotatable bonds is 7. The van der Waals surface area contributed by atoms with E-state index in [0.29, 0.717) is 18.7 Å². The predicted molar refractivity (Wildman–Crippen MR) is 121 cm³/mol. The van der Waals surface area contributed by atoms with E-state index in [1.54, 1.807) is 30.8 Å². The molecule has 0 N–H and O–H groups in total. The summed E-state index contributed by atoms with van der Waals surface area (Å²) < 4.78 is 20.6. The van der Waals surface area contributed by atoms with Crippen LogP contribution in [0.1, 0.15) is 24.2 Å². The number of carbonyl (C=O) groups excluding carboxylic acids is 1. The summed E-state index contributed by atoms with van der Waals surface area (Å²) in [6, 6.07) is 13.3. The molecule has 1 saturated heterocycles. The van der Waals surface area contributed by atoms with E-state index in [1.165, 1.54) is 6.08 Å². The van der Waals surface area contributed by atoms with Crippen molar-refractivity contribution in [2.75, 3.05) is 32.4 Å². The third kappa shape index (κ3) is 5.43. The molecule has 0 spiro atoms. The van der Waals surface area contributed by atoms with Gasteiger partial charge in [-0.1, -0.05) is 18.7 Å². The number of ether oxygens (including phenoxy) is 1. The van der Waals surface area contributed by atoms with Gasteiger partial charge in [0.25, 0.3) is 0 Å². The minimum absolute atomic E-state index is 0.0376. The van der Waals surface area contributed by atoms with Crippen LogP contribution in [0.25, 0.3) is 0 Å². The summed E-state index contributed by atoms with van der Waals surface area (Å²) in [4.78, 5) is 17.3. The molecule has 2 aromatic rings. The first kappa shape index (κ1) is 22.4. The Morgan fingerprint density at radius 2 is 2.03 bits per heavy atom. The second kappa shape index (κ2) is 10.1. The highest BCUT2D eigenvalue weighted by molar-refractivity contribution is 7.98. The fourth-order valence-corrected chi connectivity index (χ4v) is 4.12. The average molecular weight is 429 g/mol. The molecule has 30 heavy (non-hydrogen) atoms. The maximum Gasteiger partial charge on any atom is 0.246 e. The third-order valence-corrected chi connectivity index (χ3v) is 6.24. The Morgan fingerprint density at radius 1 is 1.30 bits per heavy atom. The number of aryl methyl sites for hydroxylation is 1. The second-order valence-corrected chi connectivity index (χ2v) is 8.51. The first-order chi connectivity index (χ1) is 14.4. The lowest BCUT2D eigenvalue weighted by atomic mass is 10.0. The van der Waals surface area contributed by atoms with E-state index in [1.807, 2.05) is 48.4 Å². The van der Waals surface area contributed by atoms with Crippen LogP contribution < -0.4 is 4.74 Å². The van der Waals surface area contributed by atoms with Crippen LogP contribution in [-0.2, 0) is 4.79 Å². The van der Waals surface area contributed by atoms with E-state index in [-0.39, 0.29) is 23.9 Å². The molecule has 2 aromatic carbocycles. The van der Waals surface area contributed by atoms with Gasteiger partial charge in [-0.3, -0.25) is 9.69 Å². The molecule has 0 bridgehead atoms. The van der Waals surface area contributed by atoms with Gasteiger partial charge in [-0.05, 0) is 67.6 Å². The molecule has 0 aliphatic carbocycles. The SMILES string of the molecule is C=CC(=O)N1CCN(C[C@@H](Oc2ccc(SC)cc2)c2ccc(C)c(F)c2)C[C@H]1C. The lowest BCUT2D eigenvalue weighted by Gasteiger charge is -2.40. The van der Waals surface area contributed by atoms with Gasteiger partial charge in [-0.25, -0.2) is 4.39 Å². The van der Waals surface area contributed by atoms with Crippen LogP contribution in [0.2, 0.25) is 0 Å². The van der Waals surface area contributed by atoms with Gasteiger partial charge in [0.1, 0.15) is 17.7 Å². The first-order valence-corrected chi connectivity index (χ1v) is 11.4. The third-order valence-electron chi connectivity index (χ3n) is 5.50. The fraction of sp³-hybridized carbons (Fsp3) is 0.375. The predicted octanol–water partition coefficient (Wildman–Crippen LogP) is 4.69. The molecule has 6 heteroatoms. The molecule has 0 unspecified atom stereocenters. The number of piperazine rings is 1. The maximum absolute atomic E-state index is 14.3. The normalized spacial score (nSPS) is 18.1. The van der Waals surface area contributed by atoms with Gasteiger partial charge in [0.2, 0.25) is 5.91 Å². The molecule has 1 heterocycles. The van der Waals surface area contributed by atoms with Crippen molar-refractivity contribution in [1.82, 2.24) is 9.80 Å². The van der Waals surface area contributed by atoms with Crippen LogP contribution in [0, 0.1) is 12.7 Å². The van der Waals surface area contributed by atoms with E-state index >= 15 is 0 Å². The highest BCUT2D eigenvalue weighted by Crippen LogP contribution is 2.27. The number of hydrogen-bond acceptors (Lipinski definition) is 4. The summed E-state index contributed by atoms with van der Waals surface area (Å²) >= 11 is 1.68. The van der Waals surface area contributed by atoms with Crippen LogP contribution in [0.15, 0.2) is 60.0 Å². The number of hydrogen-bond donors (Lipinski definition) is 0. The van der Waals surface area contributed by atoms with Crippen molar-refractivity contribution < 1.29 is 13.9 Å². The zero-order valence-electron chi connectivity index (χ0n) is 17.8. The highest BCUT2D eigenvalue weighted by Gasteiger charge is 2.28. The lowest BCUT2D eigenvalue weighted by Crippen LogP contribution is -2.54. The van der Waals surface area contributed by atoms with Gasteiger partial charge in [0, 0.05) is 37.1 Å². The highest BCUT2D eigenvalue weighted by atomic mass is 32.2. The van der Waals surface area contributed by atoms with Crippen LogP contribution in [0.4, 0.5) is 4.39 Å². The molecule has 0 saturated carbocycles. The molecule has 1 amide bonds. The summed E-state index contributed by atoms with van der Waals surface area (Å²) in [6.07, 6.45) is 3.09. The zero-order valence-corrected chi connectivity index (χ0v) is 18.6. The maximum atomic E-state index is 14.3. The molecule has 3 rings (SSSR count). The Kier molecular flexibility index (Phi) is 7.56. The number of carbonyl (C=O) groups is 1. The van der Waals surface area contributed by atoms with Crippen molar-refractivity contribution in [2.45, 2.75) is 30.9 Å². The summed E-state index contributed by atoms with van der Waals surface area (Å²) in [6.45, 7) is 10.1. The molecule has 1 aliphatic rings. The molecular weight excluding hydrogens is 399 g/mol. The van der Waals surface area contributed by atoms with Crippen LogP contribution in [0.5, 0.6) is 5.75 Å². The van der Waals surface area contributed by atoms with E-state index in [9.17, 15) is 9.18 Å². The van der Waals surface area contributed by atoms with E-state index in [4.69, 9.17) is 4.74 Å². The molecule has 0 aromatic heterocycles. The Balaban J connectivity index is 1.78. The topological polar surface area (TPSA) is 32.8 Å². The van der Waals surface area contributed by atoms with Crippen molar-refractivity contribution >= 4 is 17.7 Å². The molecule has 1 aliphatic heterocycles. The van der Waals surface area contributed by atoms with E-state index in [2.05, 4.69) is 11.5 Å². The van der Waals surface area contributed by atoms with Crippen LogP contribution in [-0.4, -0.2) is 54.2 Å². The molecule has 1 fully saturated rings. The number of halogens is 1. The second-order valence-electron chi connectivity index (χ2n) is 7.63. The van der Waals surface area contributed by atoms with Crippen molar-refractivity contribution in [3.05, 3.63) is 72.1 Å². The van der Waals surface area contributed by atoms with Crippen molar-refractivity contribution in [2.24, 2.45) is 0 Å². The largest absolute Gasteiger partial charge is 0.484 e. The number of benzene rings is 2. The Hall–Kier alpha value is -2.31. The fourth-order valence-electron chi connectivity index (χ4n) is 3.72. The number of thioether (sulfide) groups is 1. The Labute approximate surface area is 182 Å². The molecule has 160 valence electrons. The van der Waals surface area contributed by atoms with Crippen molar-refractivity contribution in [3.8, 4) is 5.75 Å². The quantitative estimate of drug-likeness (QED) is 0.473. The van der Waals surface area contributed by atoms with Crippen molar-refractivity contribution in [3.63, 3.8) is 0 Å². The monoisotopic (exact) mass is 428 g/mol. The Morgan fingerprint density at radius 3 is 2.63 bits per heavy atom. The van der Waals surface area contributed by atoms with Gasteiger partial charge in [-0.2, -0.15) is 0 Å². The summed E-state index contributed by atoms with van der Waals surface area (Å²) in [5.74, 6) is 0.491.